The maximum Gasteiger partial charge on any atom is 0.000978 e. The van der Waals surface area contributed by atoms with Crippen LogP contribution in [0.15, 0.2) is 0 Å². The van der Waals surface area contributed by atoms with Gasteiger partial charge in [-0.3, -0.25) is 0 Å². The molecule has 1 aliphatic heterocycles. The SMILES string of the molecule is CC(C)(C)CCC1CCCN(CC2CCCCC2)C1. The molecule has 0 aromatic carbocycles. The van der Waals surface area contributed by atoms with Gasteiger partial charge in [0.05, 0.1) is 0 Å². The Labute approximate surface area is 121 Å². The van der Waals surface area contributed by atoms with Gasteiger partial charge in [0.2, 0.25) is 0 Å². The molecule has 19 heavy (non-hydrogen) atoms. The number of rotatable bonds is 4. The molecule has 0 aromatic heterocycles. The van der Waals surface area contributed by atoms with Crippen molar-refractivity contribution in [3.8, 4) is 0 Å². The lowest BCUT2D eigenvalue weighted by molar-refractivity contribution is 0.127. The molecular formula is C18H35N. The van der Waals surface area contributed by atoms with E-state index >= 15 is 0 Å². The highest BCUT2D eigenvalue weighted by atomic mass is 15.1. The highest BCUT2D eigenvalue weighted by Crippen LogP contribution is 2.30. The Kier molecular flexibility index (Phi) is 5.74. The number of nitrogens with zero attached hydrogens (tertiary/aromatic N) is 1. The molecule has 112 valence electrons. The Balaban J connectivity index is 1.70. The van der Waals surface area contributed by atoms with Crippen molar-refractivity contribution in [1.82, 2.24) is 4.90 Å². The summed E-state index contributed by atoms with van der Waals surface area (Å²) in [4.78, 5) is 2.80. The van der Waals surface area contributed by atoms with E-state index in [4.69, 9.17) is 0 Å². The fourth-order valence-electron chi connectivity index (χ4n) is 3.92. The summed E-state index contributed by atoms with van der Waals surface area (Å²) in [5, 5.41) is 0. The van der Waals surface area contributed by atoms with Crippen LogP contribution in [-0.2, 0) is 0 Å². The number of hydrogen-bond donors (Lipinski definition) is 0. The van der Waals surface area contributed by atoms with Gasteiger partial charge in [0.25, 0.3) is 0 Å². The van der Waals surface area contributed by atoms with E-state index in [0.29, 0.717) is 5.41 Å². The van der Waals surface area contributed by atoms with Crippen molar-refractivity contribution in [2.45, 2.75) is 78.6 Å². The first-order valence-electron chi connectivity index (χ1n) is 8.75. The molecule has 1 aliphatic carbocycles. The molecule has 1 saturated heterocycles. The van der Waals surface area contributed by atoms with Crippen LogP contribution in [0, 0.1) is 17.3 Å². The third kappa shape index (κ3) is 5.85. The Hall–Kier alpha value is -0.0400. The molecule has 0 spiro atoms. The molecule has 2 rings (SSSR count). The monoisotopic (exact) mass is 265 g/mol. The third-order valence-corrected chi connectivity index (χ3v) is 5.15. The van der Waals surface area contributed by atoms with Gasteiger partial charge in [-0.2, -0.15) is 0 Å². The van der Waals surface area contributed by atoms with E-state index in [1.165, 1.54) is 77.4 Å². The standard InChI is InChI=1S/C18H35N/c1-18(2,3)12-11-17-10-7-13-19(15-17)14-16-8-5-4-6-9-16/h16-17H,4-15H2,1-3H3. The van der Waals surface area contributed by atoms with Crippen LogP contribution in [0.3, 0.4) is 0 Å². The first-order valence-corrected chi connectivity index (χ1v) is 8.75. The molecule has 0 N–H and O–H groups in total. The molecule has 0 bridgehead atoms. The van der Waals surface area contributed by atoms with Crippen molar-refractivity contribution in [2.75, 3.05) is 19.6 Å². The second-order valence-electron chi connectivity index (χ2n) is 8.37. The predicted molar refractivity (Wildman–Crippen MR) is 84.4 cm³/mol. The van der Waals surface area contributed by atoms with Gasteiger partial charge in [0, 0.05) is 13.1 Å². The van der Waals surface area contributed by atoms with Crippen LogP contribution in [-0.4, -0.2) is 24.5 Å². The quantitative estimate of drug-likeness (QED) is 0.683. The summed E-state index contributed by atoms with van der Waals surface area (Å²) < 4.78 is 0. The highest BCUT2D eigenvalue weighted by molar-refractivity contribution is 4.78. The van der Waals surface area contributed by atoms with E-state index in [1.54, 1.807) is 0 Å². The largest absolute Gasteiger partial charge is 0.303 e. The topological polar surface area (TPSA) is 3.24 Å². The Morgan fingerprint density at radius 3 is 2.26 bits per heavy atom. The average molecular weight is 265 g/mol. The van der Waals surface area contributed by atoms with Gasteiger partial charge >= 0.3 is 0 Å². The molecular weight excluding hydrogens is 230 g/mol. The molecule has 0 amide bonds. The number of piperidine rings is 1. The lowest BCUT2D eigenvalue weighted by atomic mass is 9.83. The normalized spacial score (nSPS) is 27.6. The first-order chi connectivity index (χ1) is 9.03. The summed E-state index contributed by atoms with van der Waals surface area (Å²) in [6.45, 7) is 11.3. The Morgan fingerprint density at radius 1 is 0.895 bits per heavy atom. The van der Waals surface area contributed by atoms with E-state index in [2.05, 4.69) is 25.7 Å². The van der Waals surface area contributed by atoms with Gasteiger partial charge in [-0.05, 0) is 62.3 Å². The molecule has 1 saturated carbocycles. The maximum atomic E-state index is 2.80. The molecule has 0 radical (unpaired) electrons. The van der Waals surface area contributed by atoms with Gasteiger partial charge in [-0.15, -0.1) is 0 Å². The smallest absolute Gasteiger partial charge is 0.000978 e. The van der Waals surface area contributed by atoms with Crippen LogP contribution < -0.4 is 0 Å². The van der Waals surface area contributed by atoms with E-state index in [-0.39, 0.29) is 0 Å². The van der Waals surface area contributed by atoms with Gasteiger partial charge in [0.1, 0.15) is 0 Å². The Morgan fingerprint density at radius 2 is 1.58 bits per heavy atom. The van der Waals surface area contributed by atoms with Gasteiger partial charge in [-0.1, -0.05) is 40.0 Å². The minimum Gasteiger partial charge on any atom is -0.303 e. The third-order valence-electron chi connectivity index (χ3n) is 5.15. The van der Waals surface area contributed by atoms with Crippen molar-refractivity contribution >= 4 is 0 Å². The summed E-state index contributed by atoms with van der Waals surface area (Å²) in [6, 6.07) is 0. The first kappa shape index (κ1) is 15.4. The molecule has 1 heterocycles. The second kappa shape index (κ2) is 7.11. The minimum atomic E-state index is 0.519. The van der Waals surface area contributed by atoms with E-state index in [1.807, 2.05) is 0 Å². The summed E-state index contributed by atoms with van der Waals surface area (Å²) in [7, 11) is 0. The molecule has 2 fully saturated rings. The van der Waals surface area contributed by atoms with E-state index in [0.717, 1.165) is 11.8 Å². The maximum absolute atomic E-state index is 2.80. The van der Waals surface area contributed by atoms with Crippen LogP contribution in [0.4, 0.5) is 0 Å². The fourth-order valence-corrected chi connectivity index (χ4v) is 3.92. The van der Waals surface area contributed by atoms with Crippen LogP contribution in [0.1, 0.15) is 78.6 Å². The van der Waals surface area contributed by atoms with Crippen LogP contribution in [0.25, 0.3) is 0 Å². The zero-order chi connectivity index (χ0) is 13.7. The van der Waals surface area contributed by atoms with Gasteiger partial charge in [-0.25, -0.2) is 0 Å². The van der Waals surface area contributed by atoms with Crippen LogP contribution in [0.2, 0.25) is 0 Å². The van der Waals surface area contributed by atoms with E-state index < -0.39 is 0 Å². The summed E-state index contributed by atoms with van der Waals surface area (Å²) in [5.74, 6) is 2.01. The van der Waals surface area contributed by atoms with Gasteiger partial charge in [0.15, 0.2) is 0 Å². The van der Waals surface area contributed by atoms with Crippen molar-refractivity contribution in [2.24, 2.45) is 17.3 Å². The summed E-state index contributed by atoms with van der Waals surface area (Å²) in [5.41, 5.74) is 0.519. The van der Waals surface area contributed by atoms with Crippen molar-refractivity contribution in [1.29, 1.82) is 0 Å². The molecule has 1 atom stereocenters. The van der Waals surface area contributed by atoms with Crippen molar-refractivity contribution in [3.63, 3.8) is 0 Å². The fraction of sp³-hybridized carbons (Fsp3) is 1.00. The summed E-state index contributed by atoms with van der Waals surface area (Å²) in [6.07, 6.45) is 13.3. The Bertz CT molecular complexity index is 247. The molecule has 2 aliphatic rings. The molecule has 0 aromatic rings. The van der Waals surface area contributed by atoms with Crippen molar-refractivity contribution in [3.05, 3.63) is 0 Å². The molecule has 1 unspecified atom stereocenters. The number of hydrogen-bond acceptors (Lipinski definition) is 1. The van der Waals surface area contributed by atoms with Crippen LogP contribution >= 0.6 is 0 Å². The lowest BCUT2D eigenvalue weighted by Gasteiger charge is -2.36. The second-order valence-corrected chi connectivity index (χ2v) is 8.37. The van der Waals surface area contributed by atoms with Gasteiger partial charge < -0.3 is 4.90 Å². The minimum absolute atomic E-state index is 0.519. The lowest BCUT2D eigenvalue weighted by Crippen LogP contribution is -2.39. The zero-order valence-corrected chi connectivity index (χ0v) is 13.6. The van der Waals surface area contributed by atoms with E-state index in [9.17, 15) is 0 Å². The highest BCUT2D eigenvalue weighted by Gasteiger charge is 2.24. The molecule has 1 heteroatoms. The zero-order valence-electron chi connectivity index (χ0n) is 13.6. The summed E-state index contributed by atoms with van der Waals surface area (Å²) >= 11 is 0. The number of likely N-dealkylation sites (tertiary alicyclic amines) is 1. The van der Waals surface area contributed by atoms with Crippen LogP contribution in [0.5, 0.6) is 0 Å². The average Bonchev–Trinajstić information content (AvgIpc) is 2.37. The molecule has 1 nitrogen and oxygen atoms in total. The van der Waals surface area contributed by atoms with Crippen molar-refractivity contribution < 1.29 is 0 Å². The predicted octanol–water partition coefficient (Wildman–Crippen LogP) is 5.11.